The van der Waals surface area contributed by atoms with Gasteiger partial charge in [-0.05, 0) is 55.0 Å². The zero-order chi connectivity index (χ0) is 15.0. The molecule has 0 bridgehead atoms. The van der Waals surface area contributed by atoms with Crippen molar-refractivity contribution < 1.29 is 14.3 Å². The highest BCUT2D eigenvalue weighted by molar-refractivity contribution is 6.04. The van der Waals surface area contributed by atoms with E-state index in [1.54, 1.807) is 7.11 Å². The average Bonchev–Trinajstić information content (AvgIpc) is 2.52. The SMILES string of the molecule is COc1cccc([C@@]23CCC(=O)C(C)=C2CCCC3=O)c1. The van der Waals surface area contributed by atoms with Crippen molar-refractivity contribution in [3.05, 3.63) is 41.0 Å². The summed E-state index contributed by atoms with van der Waals surface area (Å²) >= 11 is 0. The fourth-order valence-electron chi connectivity index (χ4n) is 3.84. The lowest BCUT2D eigenvalue weighted by atomic mass is 9.59. The second kappa shape index (κ2) is 5.14. The number of ether oxygens (including phenoxy) is 1. The van der Waals surface area contributed by atoms with Crippen LogP contribution in [-0.2, 0) is 15.0 Å². The van der Waals surface area contributed by atoms with Crippen LogP contribution in [0.25, 0.3) is 0 Å². The van der Waals surface area contributed by atoms with Gasteiger partial charge >= 0.3 is 0 Å². The molecule has 1 aromatic carbocycles. The van der Waals surface area contributed by atoms with Crippen molar-refractivity contribution in [2.24, 2.45) is 0 Å². The van der Waals surface area contributed by atoms with E-state index in [2.05, 4.69) is 0 Å². The molecule has 2 aliphatic carbocycles. The van der Waals surface area contributed by atoms with Crippen LogP contribution in [0, 0.1) is 0 Å². The lowest BCUT2D eigenvalue weighted by Crippen LogP contribution is -2.44. The fraction of sp³-hybridized carbons (Fsp3) is 0.444. The molecule has 0 saturated heterocycles. The van der Waals surface area contributed by atoms with Gasteiger partial charge in [0.05, 0.1) is 12.5 Å². The van der Waals surface area contributed by atoms with Crippen LogP contribution in [-0.4, -0.2) is 18.7 Å². The quantitative estimate of drug-likeness (QED) is 0.836. The van der Waals surface area contributed by atoms with Crippen molar-refractivity contribution in [3.8, 4) is 5.75 Å². The third-order valence-electron chi connectivity index (χ3n) is 4.98. The molecule has 1 atom stereocenters. The van der Waals surface area contributed by atoms with E-state index in [9.17, 15) is 9.59 Å². The Bertz CT molecular complexity index is 642. The molecule has 0 N–H and O–H groups in total. The first-order valence-corrected chi connectivity index (χ1v) is 7.51. The number of carbonyl (C=O) groups excluding carboxylic acids is 2. The molecule has 3 heteroatoms. The summed E-state index contributed by atoms with van der Waals surface area (Å²) in [6, 6.07) is 7.76. The minimum Gasteiger partial charge on any atom is -0.497 e. The summed E-state index contributed by atoms with van der Waals surface area (Å²) in [5.41, 5.74) is 2.24. The molecule has 0 heterocycles. The molecule has 110 valence electrons. The Labute approximate surface area is 125 Å². The molecule has 1 fully saturated rings. The monoisotopic (exact) mass is 284 g/mol. The largest absolute Gasteiger partial charge is 0.497 e. The summed E-state index contributed by atoms with van der Waals surface area (Å²) in [7, 11) is 1.63. The number of allylic oxidation sites excluding steroid dienone is 2. The van der Waals surface area contributed by atoms with Crippen LogP contribution in [0.1, 0.15) is 44.6 Å². The molecular weight excluding hydrogens is 264 g/mol. The van der Waals surface area contributed by atoms with Gasteiger partial charge < -0.3 is 4.74 Å². The zero-order valence-corrected chi connectivity index (χ0v) is 12.6. The highest BCUT2D eigenvalue weighted by atomic mass is 16.5. The smallest absolute Gasteiger partial charge is 0.158 e. The highest BCUT2D eigenvalue weighted by Crippen LogP contribution is 2.49. The number of ketones is 2. The number of fused-ring (bicyclic) bond motifs is 1. The third-order valence-corrected chi connectivity index (χ3v) is 4.98. The minimum absolute atomic E-state index is 0.193. The van der Waals surface area contributed by atoms with Crippen molar-refractivity contribution >= 4 is 11.6 Å². The normalized spacial score (nSPS) is 25.8. The number of methoxy groups -OCH3 is 1. The van der Waals surface area contributed by atoms with Gasteiger partial charge in [-0.2, -0.15) is 0 Å². The van der Waals surface area contributed by atoms with Crippen molar-refractivity contribution in [1.29, 1.82) is 0 Å². The van der Waals surface area contributed by atoms with Crippen molar-refractivity contribution in [2.75, 3.05) is 7.11 Å². The molecule has 3 rings (SSSR count). The first kappa shape index (κ1) is 14.1. The van der Waals surface area contributed by atoms with E-state index < -0.39 is 5.41 Å². The molecule has 21 heavy (non-hydrogen) atoms. The molecule has 0 radical (unpaired) electrons. The maximum atomic E-state index is 12.8. The molecule has 1 aromatic rings. The van der Waals surface area contributed by atoms with Gasteiger partial charge in [0.1, 0.15) is 11.5 Å². The maximum absolute atomic E-state index is 12.8. The van der Waals surface area contributed by atoms with Crippen LogP contribution in [0.2, 0.25) is 0 Å². The summed E-state index contributed by atoms with van der Waals surface area (Å²) in [6.45, 7) is 1.88. The lowest BCUT2D eigenvalue weighted by molar-refractivity contribution is -0.126. The number of hydrogen-bond donors (Lipinski definition) is 0. The Kier molecular flexibility index (Phi) is 3.44. The molecular formula is C18H20O3. The molecule has 2 aliphatic rings. The molecule has 1 saturated carbocycles. The molecule has 0 spiro atoms. The number of benzene rings is 1. The first-order valence-electron chi connectivity index (χ1n) is 7.51. The van der Waals surface area contributed by atoms with E-state index in [1.165, 1.54) is 0 Å². The average molecular weight is 284 g/mol. The molecule has 0 unspecified atom stereocenters. The number of hydrogen-bond acceptors (Lipinski definition) is 3. The Hall–Kier alpha value is -1.90. The molecule has 3 nitrogen and oxygen atoms in total. The first-order chi connectivity index (χ1) is 10.1. The summed E-state index contributed by atoms with van der Waals surface area (Å²) in [5.74, 6) is 1.20. The molecule has 0 amide bonds. The maximum Gasteiger partial charge on any atom is 0.158 e. The number of Topliss-reactive ketones (excluding diaryl/α,β-unsaturated/α-hetero) is 2. The number of rotatable bonds is 2. The lowest BCUT2D eigenvalue weighted by Gasteiger charge is -2.42. The van der Waals surface area contributed by atoms with Gasteiger partial charge in [0.15, 0.2) is 5.78 Å². The summed E-state index contributed by atoms with van der Waals surface area (Å²) in [6.07, 6.45) is 3.36. The van der Waals surface area contributed by atoms with Gasteiger partial charge in [0.2, 0.25) is 0 Å². The Morgan fingerprint density at radius 2 is 1.95 bits per heavy atom. The summed E-state index contributed by atoms with van der Waals surface area (Å²) in [5, 5.41) is 0. The van der Waals surface area contributed by atoms with Crippen LogP contribution < -0.4 is 4.74 Å². The standard InChI is InChI=1S/C18H20O3/c1-12-15-7-4-8-17(20)18(15,10-9-16(12)19)13-5-3-6-14(11-13)21-2/h3,5-6,11H,4,7-10H2,1-2H3/t18-/m0/s1. The van der Waals surface area contributed by atoms with Crippen molar-refractivity contribution in [2.45, 2.75) is 44.4 Å². The van der Waals surface area contributed by atoms with E-state index in [1.807, 2.05) is 31.2 Å². The Balaban J connectivity index is 2.22. The van der Waals surface area contributed by atoms with Crippen LogP contribution in [0.3, 0.4) is 0 Å². The minimum atomic E-state index is -0.592. The van der Waals surface area contributed by atoms with Gasteiger partial charge in [-0.15, -0.1) is 0 Å². The second-order valence-electron chi connectivity index (χ2n) is 5.94. The highest BCUT2D eigenvalue weighted by Gasteiger charge is 2.48. The van der Waals surface area contributed by atoms with E-state index in [-0.39, 0.29) is 11.6 Å². The van der Waals surface area contributed by atoms with E-state index in [4.69, 9.17) is 4.74 Å². The number of carbonyl (C=O) groups is 2. The summed E-state index contributed by atoms with van der Waals surface area (Å²) in [4.78, 5) is 24.9. The molecule has 0 aromatic heterocycles. The second-order valence-corrected chi connectivity index (χ2v) is 5.94. The van der Waals surface area contributed by atoms with Crippen LogP contribution >= 0.6 is 0 Å². The third kappa shape index (κ3) is 2.03. The van der Waals surface area contributed by atoms with E-state index >= 15 is 0 Å². The van der Waals surface area contributed by atoms with Crippen LogP contribution in [0.15, 0.2) is 35.4 Å². The Morgan fingerprint density at radius 3 is 2.71 bits per heavy atom. The predicted octanol–water partition coefficient (Wildman–Crippen LogP) is 3.37. The van der Waals surface area contributed by atoms with Crippen LogP contribution in [0.4, 0.5) is 0 Å². The van der Waals surface area contributed by atoms with Gasteiger partial charge in [0.25, 0.3) is 0 Å². The van der Waals surface area contributed by atoms with E-state index in [0.29, 0.717) is 19.3 Å². The van der Waals surface area contributed by atoms with Crippen molar-refractivity contribution in [1.82, 2.24) is 0 Å². The van der Waals surface area contributed by atoms with Crippen LogP contribution in [0.5, 0.6) is 5.75 Å². The fourth-order valence-corrected chi connectivity index (χ4v) is 3.84. The predicted molar refractivity (Wildman–Crippen MR) is 80.5 cm³/mol. The van der Waals surface area contributed by atoms with E-state index in [0.717, 1.165) is 35.3 Å². The zero-order valence-electron chi connectivity index (χ0n) is 12.6. The van der Waals surface area contributed by atoms with Gasteiger partial charge in [-0.1, -0.05) is 12.1 Å². The summed E-state index contributed by atoms with van der Waals surface area (Å²) < 4.78 is 5.31. The topological polar surface area (TPSA) is 43.4 Å². The van der Waals surface area contributed by atoms with Gasteiger partial charge in [0, 0.05) is 12.8 Å². The molecule has 0 aliphatic heterocycles. The van der Waals surface area contributed by atoms with Gasteiger partial charge in [-0.3, -0.25) is 9.59 Å². The van der Waals surface area contributed by atoms with Gasteiger partial charge in [-0.25, -0.2) is 0 Å². The Morgan fingerprint density at radius 1 is 1.14 bits per heavy atom. The van der Waals surface area contributed by atoms with Crippen molar-refractivity contribution in [3.63, 3.8) is 0 Å².